The molecule has 0 atom stereocenters. The topological polar surface area (TPSA) is 79.9 Å². The van der Waals surface area contributed by atoms with Crippen LogP contribution in [0, 0.1) is 0 Å². The van der Waals surface area contributed by atoms with E-state index in [2.05, 4.69) is 10.2 Å². The van der Waals surface area contributed by atoms with Crippen molar-refractivity contribution in [1.82, 2.24) is 14.8 Å². The molecule has 0 unspecified atom stereocenters. The molecule has 1 aromatic carbocycles. The lowest BCUT2D eigenvalue weighted by Crippen LogP contribution is -2.29. The number of para-hydroxylation sites is 1. The second-order valence-corrected chi connectivity index (χ2v) is 3.17. The van der Waals surface area contributed by atoms with Crippen LogP contribution in [-0.2, 0) is 6.54 Å². The smallest absolute Gasteiger partial charge is 0.344 e. The summed E-state index contributed by atoms with van der Waals surface area (Å²) >= 11 is 0. The van der Waals surface area contributed by atoms with E-state index >= 15 is 0 Å². The Kier molecular flexibility index (Phi) is 2.90. The minimum absolute atomic E-state index is 0.215. The van der Waals surface area contributed by atoms with Gasteiger partial charge in [0.2, 0.25) is 0 Å². The Balaban J connectivity index is 1.95. The summed E-state index contributed by atoms with van der Waals surface area (Å²) in [5.41, 5.74) is -0.914. The van der Waals surface area contributed by atoms with Gasteiger partial charge in [0.1, 0.15) is 12.4 Å². The van der Waals surface area contributed by atoms with Crippen LogP contribution in [0.2, 0.25) is 0 Å². The van der Waals surface area contributed by atoms with Gasteiger partial charge in [-0.15, -0.1) is 0 Å². The predicted octanol–water partition coefficient (Wildman–Crippen LogP) is -0.0563. The van der Waals surface area contributed by atoms with Gasteiger partial charge in [0, 0.05) is 0 Å². The second-order valence-electron chi connectivity index (χ2n) is 3.17. The highest BCUT2D eigenvalue weighted by atomic mass is 16.5. The van der Waals surface area contributed by atoms with Crippen molar-refractivity contribution in [3.63, 3.8) is 0 Å². The van der Waals surface area contributed by atoms with Crippen LogP contribution in [0.5, 0.6) is 5.75 Å². The number of nitrogens with zero attached hydrogens (tertiary/aromatic N) is 1. The Morgan fingerprint density at radius 1 is 1.06 bits per heavy atom. The highest BCUT2D eigenvalue weighted by molar-refractivity contribution is 5.20. The third kappa shape index (κ3) is 2.22. The summed E-state index contributed by atoms with van der Waals surface area (Å²) in [6, 6.07) is 9.21. The molecule has 6 heteroatoms. The van der Waals surface area contributed by atoms with E-state index in [-0.39, 0.29) is 13.2 Å². The summed E-state index contributed by atoms with van der Waals surface area (Å²) in [6.07, 6.45) is 0. The Labute approximate surface area is 90.5 Å². The van der Waals surface area contributed by atoms with Crippen molar-refractivity contribution in [2.45, 2.75) is 6.54 Å². The van der Waals surface area contributed by atoms with Gasteiger partial charge >= 0.3 is 11.4 Å². The number of hydrogen-bond donors (Lipinski definition) is 2. The zero-order valence-corrected chi connectivity index (χ0v) is 8.47. The number of benzene rings is 1. The number of ether oxygens (including phenoxy) is 1. The average Bonchev–Trinajstić information content (AvgIpc) is 2.62. The number of aromatic nitrogens is 3. The molecule has 0 aliphatic carbocycles. The maximum Gasteiger partial charge on any atom is 0.344 e. The van der Waals surface area contributed by atoms with Gasteiger partial charge in [-0.1, -0.05) is 18.2 Å². The van der Waals surface area contributed by atoms with Crippen molar-refractivity contribution in [3.05, 3.63) is 51.3 Å². The number of H-pyrrole nitrogens is 2. The lowest BCUT2D eigenvalue weighted by molar-refractivity contribution is 0.294. The Morgan fingerprint density at radius 2 is 1.69 bits per heavy atom. The molecule has 1 aromatic heterocycles. The monoisotopic (exact) mass is 221 g/mol. The molecular weight excluding hydrogens is 210 g/mol. The zero-order valence-electron chi connectivity index (χ0n) is 8.47. The normalized spacial score (nSPS) is 10.2. The zero-order chi connectivity index (χ0) is 11.4. The molecule has 0 amide bonds. The van der Waals surface area contributed by atoms with Gasteiger partial charge in [-0.25, -0.2) is 24.4 Å². The minimum Gasteiger partial charge on any atom is -0.492 e. The second kappa shape index (κ2) is 4.52. The molecule has 0 aliphatic rings. The first kappa shape index (κ1) is 10.3. The molecule has 0 bridgehead atoms. The molecular formula is C10H11N3O3. The van der Waals surface area contributed by atoms with Gasteiger partial charge in [0.25, 0.3) is 0 Å². The van der Waals surface area contributed by atoms with Crippen molar-refractivity contribution in [2.24, 2.45) is 0 Å². The summed E-state index contributed by atoms with van der Waals surface area (Å²) in [5, 5.41) is 4.40. The van der Waals surface area contributed by atoms with E-state index in [4.69, 9.17) is 4.74 Å². The van der Waals surface area contributed by atoms with Gasteiger partial charge in [0.05, 0.1) is 6.54 Å². The van der Waals surface area contributed by atoms with E-state index in [0.717, 1.165) is 4.57 Å². The molecule has 84 valence electrons. The standard InChI is InChI=1S/C10H11N3O3/c14-9-11-12-10(15)13(9)6-7-16-8-4-2-1-3-5-8/h1-5H,6-7H2,(H,11,14)(H,12,15). The molecule has 1 heterocycles. The van der Waals surface area contributed by atoms with Crippen LogP contribution < -0.4 is 16.1 Å². The van der Waals surface area contributed by atoms with Crippen molar-refractivity contribution < 1.29 is 4.74 Å². The molecule has 6 nitrogen and oxygen atoms in total. The third-order valence-corrected chi connectivity index (χ3v) is 2.09. The lowest BCUT2D eigenvalue weighted by Gasteiger charge is -2.04. The summed E-state index contributed by atoms with van der Waals surface area (Å²) in [5.74, 6) is 0.711. The first-order valence-corrected chi connectivity index (χ1v) is 4.83. The van der Waals surface area contributed by atoms with E-state index in [9.17, 15) is 9.59 Å². The highest BCUT2D eigenvalue weighted by Crippen LogP contribution is 2.07. The van der Waals surface area contributed by atoms with Crippen LogP contribution >= 0.6 is 0 Å². The summed E-state index contributed by atoms with van der Waals surface area (Å²) in [7, 11) is 0. The molecule has 0 radical (unpaired) electrons. The fraction of sp³-hybridized carbons (Fsp3) is 0.200. The third-order valence-electron chi connectivity index (χ3n) is 2.09. The Hall–Kier alpha value is -2.24. The van der Waals surface area contributed by atoms with Gasteiger partial charge in [-0.05, 0) is 12.1 Å². The molecule has 0 spiro atoms. The van der Waals surface area contributed by atoms with Crippen LogP contribution in [0.3, 0.4) is 0 Å². The minimum atomic E-state index is -0.457. The number of aromatic amines is 2. The van der Waals surface area contributed by atoms with Crippen molar-refractivity contribution in [1.29, 1.82) is 0 Å². The fourth-order valence-corrected chi connectivity index (χ4v) is 1.31. The Bertz CT molecular complexity index is 525. The number of hydrogen-bond acceptors (Lipinski definition) is 3. The first-order chi connectivity index (χ1) is 7.77. The molecule has 16 heavy (non-hydrogen) atoms. The van der Waals surface area contributed by atoms with Crippen molar-refractivity contribution in [2.75, 3.05) is 6.61 Å². The van der Waals surface area contributed by atoms with E-state index in [1.807, 2.05) is 30.3 Å². The maximum atomic E-state index is 11.1. The van der Waals surface area contributed by atoms with Gasteiger partial charge < -0.3 is 4.74 Å². The molecule has 2 rings (SSSR count). The van der Waals surface area contributed by atoms with E-state index in [0.29, 0.717) is 5.75 Å². The molecule has 0 fully saturated rings. The van der Waals surface area contributed by atoms with Crippen LogP contribution in [0.1, 0.15) is 0 Å². The highest BCUT2D eigenvalue weighted by Gasteiger charge is 2.01. The fourth-order valence-electron chi connectivity index (χ4n) is 1.31. The number of rotatable bonds is 4. The van der Waals surface area contributed by atoms with E-state index < -0.39 is 11.4 Å². The van der Waals surface area contributed by atoms with Gasteiger partial charge in [0.15, 0.2) is 0 Å². The quantitative estimate of drug-likeness (QED) is 0.759. The van der Waals surface area contributed by atoms with Gasteiger partial charge in [-0.2, -0.15) is 0 Å². The van der Waals surface area contributed by atoms with Crippen LogP contribution in [-0.4, -0.2) is 21.4 Å². The van der Waals surface area contributed by atoms with E-state index in [1.54, 1.807) is 0 Å². The van der Waals surface area contributed by atoms with Crippen LogP contribution in [0.15, 0.2) is 39.9 Å². The molecule has 2 N–H and O–H groups in total. The number of nitrogens with one attached hydrogen (secondary N) is 2. The predicted molar refractivity (Wildman–Crippen MR) is 57.6 cm³/mol. The molecule has 0 saturated heterocycles. The average molecular weight is 221 g/mol. The summed E-state index contributed by atoms with van der Waals surface area (Å²) < 4.78 is 6.41. The van der Waals surface area contributed by atoms with Crippen LogP contribution in [0.25, 0.3) is 0 Å². The molecule has 0 saturated carbocycles. The molecule has 0 aliphatic heterocycles. The first-order valence-electron chi connectivity index (χ1n) is 4.83. The van der Waals surface area contributed by atoms with Crippen LogP contribution in [0.4, 0.5) is 0 Å². The SMILES string of the molecule is O=c1[nH][nH]c(=O)n1CCOc1ccccc1. The molecule has 2 aromatic rings. The largest absolute Gasteiger partial charge is 0.492 e. The van der Waals surface area contributed by atoms with Crippen molar-refractivity contribution in [3.8, 4) is 5.75 Å². The van der Waals surface area contributed by atoms with Crippen molar-refractivity contribution >= 4 is 0 Å². The maximum absolute atomic E-state index is 11.1. The Morgan fingerprint density at radius 3 is 2.31 bits per heavy atom. The van der Waals surface area contributed by atoms with E-state index in [1.165, 1.54) is 0 Å². The summed E-state index contributed by atoms with van der Waals surface area (Å²) in [6.45, 7) is 0.484. The summed E-state index contributed by atoms with van der Waals surface area (Å²) in [4.78, 5) is 22.2. The lowest BCUT2D eigenvalue weighted by atomic mass is 10.3. The van der Waals surface area contributed by atoms with Gasteiger partial charge in [-0.3, -0.25) is 0 Å².